The first-order valence-electron chi connectivity index (χ1n) is 10.3. The minimum atomic E-state index is -0.299. The Bertz CT molecular complexity index is 873. The van der Waals surface area contributed by atoms with Crippen LogP contribution in [-0.2, 0) is 17.7 Å². The van der Waals surface area contributed by atoms with Crippen molar-refractivity contribution in [3.8, 4) is 0 Å². The lowest BCUT2D eigenvalue weighted by atomic mass is 10.1. The summed E-state index contributed by atoms with van der Waals surface area (Å²) in [4.78, 5) is 30.5. The Morgan fingerprint density at radius 1 is 0.897 bits per heavy atom. The van der Waals surface area contributed by atoms with Gasteiger partial charge in [0.25, 0.3) is 5.91 Å². The molecule has 0 unspecified atom stereocenters. The third-order valence-corrected chi connectivity index (χ3v) is 5.65. The number of nitrogens with zero attached hydrogens (tertiary/aromatic N) is 3. The van der Waals surface area contributed by atoms with Gasteiger partial charge in [0, 0.05) is 50.5 Å². The highest BCUT2D eigenvalue weighted by Gasteiger charge is 2.25. The summed E-state index contributed by atoms with van der Waals surface area (Å²) >= 11 is 0. The minimum absolute atomic E-state index is 0.0200. The van der Waals surface area contributed by atoms with E-state index >= 15 is 0 Å². The Morgan fingerprint density at radius 2 is 1.59 bits per heavy atom. The molecule has 1 fully saturated rings. The van der Waals surface area contributed by atoms with Gasteiger partial charge in [0.1, 0.15) is 0 Å². The number of hydrogen-bond acceptors (Lipinski definition) is 4. The van der Waals surface area contributed by atoms with Gasteiger partial charge in [-0.1, -0.05) is 30.3 Å². The number of carbonyl (C=O) groups is 2. The maximum Gasteiger partial charge on any atom is 0.409 e. The van der Waals surface area contributed by atoms with Gasteiger partial charge in [0.2, 0.25) is 0 Å². The van der Waals surface area contributed by atoms with Crippen molar-refractivity contribution in [1.29, 1.82) is 0 Å². The quantitative estimate of drug-likeness (QED) is 0.801. The van der Waals surface area contributed by atoms with Gasteiger partial charge in [0.05, 0.1) is 6.61 Å². The number of rotatable bonds is 4. The maximum absolute atomic E-state index is 12.8. The summed E-state index contributed by atoms with van der Waals surface area (Å²) in [5.74, 6) is 0.0200. The van der Waals surface area contributed by atoms with Crippen LogP contribution in [0.15, 0.2) is 48.5 Å². The van der Waals surface area contributed by atoms with Crippen LogP contribution in [0.25, 0.3) is 0 Å². The Morgan fingerprint density at radius 3 is 2.31 bits per heavy atom. The van der Waals surface area contributed by atoms with Gasteiger partial charge < -0.3 is 19.4 Å². The van der Waals surface area contributed by atoms with Gasteiger partial charge in [-0.2, -0.15) is 0 Å². The zero-order chi connectivity index (χ0) is 20.2. The normalized spacial score (nSPS) is 16.0. The smallest absolute Gasteiger partial charge is 0.409 e. The molecular weight excluding hydrogens is 366 g/mol. The van der Waals surface area contributed by atoms with Crippen LogP contribution in [0.3, 0.4) is 0 Å². The first-order valence-corrected chi connectivity index (χ1v) is 10.3. The number of anilines is 1. The Balaban J connectivity index is 1.34. The zero-order valence-corrected chi connectivity index (χ0v) is 16.8. The van der Waals surface area contributed by atoms with E-state index in [4.69, 9.17) is 4.74 Å². The predicted molar refractivity (Wildman–Crippen MR) is 112 cm³/mol. The lowest BCUT2D eigenvalue weighted by molar-refractivity contribution is 0.0570. The lowest BCUT2D eigenvalue weighted by Crippen LogP contribution is -2.50. The molecule has 2 heterocycles. The van der Waals surface area contributed by atoms with Crippen molar-refractivity contribution in [2.75, 3.05) is 44.2 Å². The number of benzene rings is 2. The molecule has 2 aromatic rings. The number of hydrogen-bond donors (Lipinski definition) is 0. The second-order valence-corrected chi connectivity index (χ2v) is 7.48. The molecule has 2 aliphatic heterocycles. The number of fused-ring (bicyclic) bond motifs is 1. The standard InChI is InChI=1S/C23H27N3O3/c1-2-29-23(28)25-15-13-24(14-16-25)22(27)20-9-7-18(8-10-20)17-26-12-11-19-5-3-4-6-21(19)26/h3-10H,2,11-17H2,1H3. The third kappa shape index (κ3) is 4.21. The molecule has 0 N–H and O–H groups in total. The van der Waals surface area contributed by atoms with E-state index in [1.165, 1.54) is 16.8 Å². The summed E-state index contributed by atoms with van der Waals surface area (Å²) in [5, 5.41) is 0. The van der Waals surface area contributed by atoms with Crippen molar-refractivity contribution >= 4 is 17.7 Å². The second-order valence-electron chi connectivity index (χ2n) is 7.48. The molecule has 6 heteroatoms. The lowest BCUT2D eigenvalue weighted by Gasteiger charge is -2.34. The zero-order valence-electron chi connectivity index (χ0n) is 16.8. The first-order chi connectivity index (χ1) is 14.2. The fourth-order valence-electron chi connectivity index (χ4n) is 4.03. The van der Waals surface area contributed by atoms with Crippen LogP contribution >= 0.6 is 0 Å². The number of piperazine rings is 1. The van der Waals surface area contributed by atoms with Gasteiger partial charge in [0.15, 0.2) is 0 Å². The molecule has 0 atom stereocenters. The van der Waals surface area contributed by atoms with Crippen LogP contribution < -0.4 is 4.90 Å². The molecule has 6 nitrogen and oxygen atoms in total. The molecule has 0 saturated carbocycles. The summed E-state index contributed by atoms with van der Waals surface area (Å²) in [5.41, 5.74) is 4.61. The van der Waals surface area contributed by atoms with Crippen LogP contribution in [0.4, 0.5) is 10.5 Å². The highest BCUT2D eigenvalue weighted by atomic mass is 16.6. The SMILES string of the molecule is CCOC(=O)N1CCN(C(=O)c2ccc(CN3CCc4ccccc43)cc2)CC1. The Kier molecular flexibility index (Phi) is 5.69. The van der Waals surface area contributed by atoms with Crippen LogP contribution in [-0.4, -0.2) is 61.1 Å². The van der Waals surface area contributed by atoms with E-state index in [9.17, 15) is 9.59 Å². The van der Waals surface area contributed by atoms with E-state index in [1.807, 2.05) is 24.3 Å². The van der Waals surface area contributed by atoms with E-state index in [2.05, 4.69) is 29.2 Å². The summed E-state index contributed by atoms with van der Waals surface area (Å²) < 4.78 is 5.03. The largest absolute Gasteiger partial charge is 0.450 e. The summed E-state index contributed by atoms with van der Waals surface area (Å²) in [6.07, 6.45) is 0.789. The van der Waals surface area contributed by atoms with Crippen LogP contribution in [0.1, 0.15) is 28.4 Å². The summed E-state index contributed by atoms with van der Waals surface area (Å²) in [6.45, 7) is 6.13. The topological polar surface area (TPSA) is 53.1 Å². The number of para-hydroxylation sites is 1. The van der Waals surface area contributed by atoms with E-state index in [0.717, 1.165) is 19.5 Å². The van der Waals surface area contributed by atoms with Gasteiger partial charge in [-0.15, -0.1) is 0 Å². The van der Waals surface area contributed by atoms with Crippen molar-refractivity contribution in [1.82, 2.24) is 9.80 Å². The van der Waals surface area contributed by atoms with Gasteiger partial charge in [-0.25, -0.2) is 4.79 Å². The Hall–Kier alpha value is -3.02. The van der Waals surface area contributed by atoms with Crippen molar-refractivity contribution in [3.63, 3.8) is 0 Å². The molecule has 0 aromatic heterocycles. The molecular formula is C23H27N3O3. The van der Waals surface area contributed by atoms with E-state index in [1.54, 1.807) is 16.7 Å². The summed E-state index contributed by atoms with van der Waals surface area (Å²) in [7, 11) is 0. The van der Waals surface area contributed by atoms with E-state index in [-0.39, 0.29) is 12.0 Å². The van der Waals surface area contributed by atoms with Crippen molar-refractivity contribution in [2.24, 2.45) is 0 Å². The first kappa shape index (κ1) is 19.3. The summed E-state index contributed by atoms with van der Waals surface area (Å²) in [6, 6.07) is 16.5. The fraction of sp³-hybridized carbons (Fsp3) is 0.391. The molecule has 4 rings (SSSR count). The maximum atomic E-state index is 12.8. The highest BCUT2D eigenvalue weighted by molar-refractivity contribution is 5.94. The van der Waals surface area contributed by atoms with Crippen LogP contribution in [0, 0.1) is 0 Å². The predicted octanol–water partition coefficient (Wildman–Crippen LogP) is 3.16. The fourth-order valence-corrected chi connectivity index (χ4v) is 4.03. The average Bonchev–Trinajstić information content (AvgIpc) is 3.17. The molecule has 152 valence electrons. The molecule has 0 spiro atoms. The van der Waals surface area contributed by atoms with Crippen molar-refractivity contribution < 1.29 is 14.3 Å². The average molecular weight is 393 g/mol. The molecule has 0 bridgehead atoms. The molecule has 2 aliphatic rings. The van der Waals surface area contributed by atoms with Gasteiger partial charge in [-0.3, -0.25) is 4.79 Å². The van der Waals surface area contributed by atoms with E-state index < -0.39 is 0 Å². The highest BCUT2D eigenvalue weighted by Crippen LogP contribution is 2.28. The third-order valence-electron chi connectivity index (χ3n) is 5.65. The van der Waals surface area contributed by atoms with Crippen LogP contribution in [0.5, 0.6) is 0 Å². The molecule has 2 aromatic carbocycles. The molecule has 1 saturated heterocycles. The van der Waals surface area contributed by atoms with Gasteiger partial charge >= 0.3 is 6.09 Å². The molecule has 0 aliphatic carbocycles. The van der Waals surface area contributed by atoms with Crippen molar-refractivity contribution in [3.05, 3.63) is 65.2 Å². The molecule has 0 radical (unpaired) electrons. The monoisotopic (exact) mass is 393 g/mol. The van der Waals surface area contributed by atoms with Gasteiger partial charge in [-0.05, 0) is 42.7 Å². The van der Waals surface area contributed by atoms with Crippen molar-refractivity contribution in [2.45, 2.75) is 19.9 Å². The van der Waals surface area contributed by atoms with Crippen LogP contribution in [0.2, 0.25) is 0 Å². The number of carbonyl (C=O) groups excluding carboxylic acids is 2. The minimum Gasteiger partial charge on any atom is -0.450 e. The molecule has 2 amide bonds. The second kappa shape index (κ2) is 8.55. The molecule has 29 heavy (non-hydrogen) atoms. The number of ether oxygens (including phenoxy) is 1. The number of amides is 2. The Labute approximate surface area is 171 Å². The van der Waals surface area contributed by atoms with E-state index in [0.29, 0.717) is 38.3 Å².